The fourth-order valence-corrected chi connectivity index (χ4v) is 5.20. The van der Waals surface area contributed by atoms with Crippen molar-refractivity contribution in [2.45, 2.75) is 33.1 Å². The molecule has 2 amide bonds. The van der Waals surface area contributed by atoms with Crippen LogP contribution >= 0.6 is 11.3 Å². The second-order valence-corrected chi connectivity index (χ2v) is 8.45. The van der Waals surface area contributed by atoms with Crippen molar-refractivity contribution in [2.24, 2.45) is 11.7 Å². The van der Waals surface area contributed by atoms with Crippen LogP contribution in [0.3, 0.4) is 0 Å². The van der Waals surface area contributed by atoms with Crippen LogP contribution in [0.4, 0.5) is 9.39 Å². The van der Waals surface area contributed by atoms with Gasteiger partial charge in [0.15, 0.2) is 0 Å². The molecule has 1 aliphatic carbocycles. The molecule has 4 rings (SSSR count). The maximum absolute atomic E-state index is 13.8. The molecule has 28 heavy (non-hydrogen) atoms. The fourth-order valence-electron chi connectivity index (χ4n) is 3.79. The van der Waals surface area contributed by atoms with E-state index in [0.717, 1.165) is 29.7 Å². The highest BCUT2D eigenvalue weighted by Crippen LogP contribution is 2.39. The summed E-state index contributed by atoms with van der Waals surface area (Å²) in [4.78, 5) is 30.6. The van der Waals surface area contributed by atoms with Crippen molar-refractivity contribution in [3.8, 4) is 0 Å². The molecule has 0 radical (unpaired) electrons. The third kappa shape index (κ3) is 3.26. The highest BCUT2D eigenvalue weighted by Gasteiger charge is 2.27. The molecule has 144 valence electrons. The number of hydrogen-bond donors (Lipinski definition) is 2. The molecule has 0 saturated heterocycles. The van der Waals surface area contributed by atoms with Crippen LogP contribution in [0.15, 0.2) is 24.3 Å². The summed E-state index contributed by atoms with van der Waals surface area (Å²) >= 11 is 1.41. The summed E-state index contributed by atoms with van der Waals surface area (Å²) in [6.07, 6.45) is 2.65. The summed E-state index contributed by atoms with van der Waals surface area (Å²) in [5.41, 5.74) is 8.49. The summed E-state index contributed by atoms with van der Waals surface area (Å²) in [5, 5.41) is 3.75. The van der Waals surface area contributed by atoms with Gasteiger partial charge in [0.2, 0.25) is 0 Å². The highest BCUT2D eigenvalue weighted by atomic mass is 32.1. The molecule has 5 nitrogen and oxygen atoms in total. The molecule has 0 aliphatic heterocycles. The number of hydrogen-bond acceptors (Lipinski definition) is 4. The smallest absolute Gasteiger partial charge is 0.257 e. The zero-order valence-corrected chi connectivity index (χ0v) is 16.5. The van der Waals surface area contributed by atoms with Crippen LogP contribution < -0.4 is 11.1 Å². The summed E-state index contributed by atoms with van der Waals surface area (Å²) in [5.74, 6) is -0.852. The average Bonchev–Trinajstić information content (AvgIpc) is 2.98. The molecule has 7 heteroatoms. The quantitative estimate of drug-likeness (QED) is 0.694. The number of fused-ring (bicyclic) bond motifs is 2. The predicted octanol–water partition coefficient (Wildman–Crippen LogP) is 4.22. The number of thiophene rings is 1. The van der Waals surface area contributed by atoms with Gasteiger partial charge in [0, 0.05) is 16.0 Å². The van der Waals surface area contributed by atoms with Crippen LogP contribution in [0.1, 0.15) is 50.2 Å². The van der Waals surface area contributed by atoms with Gasteiger partial charge in [-0.3, -0.25) is 14.6 Å². The minimum absolute atomic E-state index is 0.317. The second-order valence-electron chi connectivity index (χ2n) is 7.35. The number of nitrogens with two attached hydrogens (primary N) is 1. The number of anilines is 1. The zero-order chi connectivity index (χ0) is 20.0. The summed E-state index contributed by atoms with van der Waals surface area (Å²) < 4.78 is 13.8. The van der Waals surface area contributed by atoms with Crippen LogP contribution in [0.25, 0.3) is 10.9 Å². The van der Waals surface area contributed by atoms with E-state index in [4.69, 9.17) is 5.73 Å². The maximum atomic E-state index is 13.8. The lowest BCUT2D eigenvalue weighted by molar-refractivity contribution is 0.1000. The molecule has 1 aromatic carbocycles. The van der Waals surface area contributed by atoms with Gasteiger partial charge in [-0.2, -0.15) is 0 Å². The molecule has 1 unspecified atom stereocenters. The maximum Gasteiger partial charge on any atom is 0.257 e. The van der Waals surface area contributed by atoms with E-state index >= 15 is 0 Å². The Morgan fingerprint density at radius 2 is 2.11 bits per heavy atom. The summed E-state index contributed by atoms with van der Waals surface area (Å²) in [7, 11) is 0. The van der Waals surface area contributed by atoms with Crippen molar-refractivity contribution < 1.29 is 14.0 Å². The van der Waals surface area contributed by atoms with E-state index in [1.165, 1.54) is 23.5 Å². The molecule has 1 atom stereocenters. The third-order valence-electron chi connectivity index (χ3n) is 5.13. The van der Waals surface area contributed by atoms with Crippen molar-refractivity contribution >= 4 is 39.1 Å². The Balaban J connectivity index is 1.77. The first-order valence-corrected chi connectivity index (χ1v) is 9.97. The Morgan fingerprint density at radius 3 is 2.86 bits per heavy atom. The van der Waals surface area contributed by atoms with Crippen molar-refractivity contribution in [3.63, 3.8) is 0 Å². The number of nitrogens with zero attached hydrogens (tertiary/aromatic N) is 1. The van der Waals surface area contributed by atoms with Crippen LogP contribution in [-0.4, -0.2) is 16.8 Å². The number of primary amides is 1. The van der Waals surface area contributed by atoms with Gasteiger partial charge in [-0.05, 0) is 61.9 Å². The Morgan fingerprint density at radius 1 is 1.32 bits per heavy atom. The average molecular weight is 397 g/mol. The minimum atomic E-state index is -0.538. The standard InChI is InChI=1S/C21H20FN3O2S/c1-10-3-5-13-17(7-10)28-21(18(13)19(23)26)25-20(27)15-8-11(2)24-16-6-4-12(22)9-14(15)16/h4,6,8-10H,3,5,7H2,1-2H3,(H2,23,26)(H,25,27). The van der Waals surface area contributed by atoms with Gasteiger partial charge in [0.1, 0.15) is 10.8 Å². The van der Waals surface area contributed by atoms with Gasteiger partial charge >= 0.3 is 0 Å². The number of amides is 2. The van der Waals surface area contributed by atoms with E-state index in [1.54, 1.807) is 19.1 Å². The number of aryl methyl sites for hydroxylation is 1. The number of aromatic nitrogens is 1. The lowest BCUT2D eigenvalue weighted by atomic mass is 9.88. The molecule has 0 spiro atoms. The van der Waals surface area contributed by atoms with Gasteiger partial charge in [-0.25, -0.2) is 4.39 Å². The topological polar surface area (TPSA) is 85.1 Å². The molecule has 1 aliphatic rings. The minimum Gasteiger partial charge on any atom is -0.365 e. The highest BCUT2D eigenvalue weighted by molar-refractivity contribution is 7.17. The third-order valence-corrected chi connectivity index (χ3v) is 6.30. The molecule has 0 fully saturated rings. The molecule has 0 saturated carbocycles. The van der Waals surface area contributed by atoms with Crippen molar-refractivity contribution in [1.29, 1.82) is 0 Å². The van der Waals surface area contributed by atoms with Crippen LogP contribution in [0.5, 0.6) is 0 Å². The number of halogens is 1. The zero-order valence-electron chi connectivity index (χ0n) is 15.6. The second kappa shape index (κ2) is 6.98. The SMILES string of the molecule is Cc1cc(C(=O)Nc2sc3c(c2C(N)=O)CCC(C)C3)c2cc(F)ccc2n1. The largest absolute Gasteiger partial charge is 0.365 e. The molecule has 2 heterocycles. The number of carbonyl (C=O) groups is 2. The van der Waals surface area contributed by atoms with Gasteiger partial charge < -0.3 is 11.1 Å². The molecule has 2 aromatic heterocycles. The number of carbonyl (C=O) groups excluding carboxylic acids is 2. The van der Waals surface area contributed by atoms with Crippen molar-refractivity contribution in [1.82, 2.24) is 4.98 Å². The Bertz CT molecular complexity index is 1120. The number of nitrogens with one attached hydrogen (secondary N) is 1. The lowest BCUT2D eigenvalue weighted by Crippen LogP contribution is -2.19. The number of rotatable bonds is 3. The normalized spacial score (nSPS) is 16.0. The van der Waals surface area contributed by atoms with E-state index in [1.807, 2.05) is 0 Å². The van der Waals surface area contributed by atoms with Gasteiger partial charge in [0.05, 0.1) is 16.6 Å². The Labute approximate surface area is 165 Å². The van der Waals surface area contributed by atoms with Gasteiger partial charge in [-0.15, -0.1) is 11.3 Å². The van der Waals surface area contributed by atoms with Crippen molar-refractivity contribution in [3.05, 3.63) is 57.3 Å². The first kappa shape index (κ1) is 18.6. The predicted molar refractivity (Wildman–Crippen MR) is 108 cm³/mol. The molecule has 3 N–H and O–H groups in total. The van der Waals surface area contributed by atoms with E-state index in [9.17, 15) is 14.0 Å². The van der Waals surface area contributed by atoms with E-state index in [2.05, 4.69) is 17.2 Å². The number of pyridine rings is 1. The van der Waals surface area contributed by atoms with E-state index < -0.39 is 17.6 Å². The Hall–Kier alpha value is -2.80. The molecular formula is C21H20FN3O2S. The molecule has 3 aromatic rings. The van der Waals surface area contributed by atoms with Crippen LogP contribution in [-0.2, 0) is 12.8 Å². The Kier molecular flexibility index (Phi) is 4.63. The van der Waals surface area contributed by atoms with Crippen LogP contribution in [0.2, 0.25) is 0 Å². The van der Waals surface area contributed by atoms with E-state index in [-0.39, 0.29) is 0 Å². The number of benzene rings is 1. The lowest BCUT2D eigenvalue weighted by Gasteiger charge is -2.18. The fraction of sp³-hybridized carbons (Fsp3) is 0.286. The monoisotopic (exact) mass is 397 g/mol. The van der Waals surface area contributed by atoms with Gasteiger partial charge in [-0.1, -0.05) is 6.92 Å². The van der Waals surface area contributed by atoms with Crippen LogP contribution in [0, 0.1) is 18.7 Å². The van der Waals surface area contributed by atoms with Gasteiger partial charge in [0.25, 0.3) is 11.8 Å². The first-order valence-electron chi connectivity index (χ1n) is 9.16. The summed E-state index contributed by atoms with van der Waals surface area (Å²) in [6.45, 7) is 3.95. The van der Waals surface area contributed by atoms with E-state index in [0.29, 0.717) is 38.6 Å². The molecular weight excluding hydrogens is 377 g/mol. The molecule has 0 bridgehead atoms. The van der Waals surface area contributed by atoms with Crippen molar-refractivity contribution in [2.75, 3.05) is 5.32 Å². The first-order chi connectivity index (χ1) is 13.3. The summed E-state index contributed by atoms with van der Waals surface area (Å²) in [6, 6.07) is 5.79.